The topological polar surface area (TPSA) is 49.8 Å². The fourth-order valence-electron chi connectivity index (χ4n) is 2.45. The number of aliphatic hydroxyl groups is 1. The van der Waals surface area contributed by atoms with E-state index in [0.717, 1.165) is 25.1 Å². The van der Waals surface area contributed by atoms with Gasteiger partial charge in [-0.25, -0.2) is 4.79 Å². The second-order valence-corrected chi connectivity index (χ2v) is 5.42. The molecule has 1 aliphatic rings. The first-order valence-electron chi connectivity index (χ1n) is 7.31. The SMILES string of the molecule is CC#CC(O)(C(=O)OCC1=CCCN(C)C1)c1ccccc1. The van der Waals surface area contributed by atoms with Crippen LogP contribution >= 0.6 is 0 Å². The number of carbonyl (C=O) groups excluding carboxylic acids is 1. The van der Waals surface area contributed by atoms with E-state index in [9.17, 15) is 9.90 Å². The van der Waals surface area contributed by atoms with Crippen molar-refractivity contribution >= 4 is 5.97 Å². The average Bonchev–Trinajstić information content (AvgIpc) is 2.53. The molecular formula is C18H21NO3. The molecular weight excluding hydrogens is 278 g/mol. The summed E-state index contributed by atoms with van der Waals surface area (Å²) in [6, 6.07) is 8.66. The third-order valence-electron chi connectivity index (χ3n) is 3.60. The van der Waals surface area contributed by atoms with Crippen molar-refractivity contribution in [2.45, 2.75) is 18.9 Å². The molecule has 1 N–H and O–H groups in total. The fourth-order valence-corrected chi connectivity index (χ4v) is 2.45. The Kier molecular flexibility index (Phi) is 5.37. The summed E-state index contributed by atoms with van der Waals surface area (Å²) in [5.74, 6) is 4.45. The number of benzene rings is 1. The molecule has 22 heavy (non-hydrogen) atoms. The Hall–Kier alpha value is -2.09. The number of ether oxygens (including phenoxy) is 1. The van der Waals surface area contributed by atoms with Crippen molar-refractivity contribution in [2.24, 2.45) is 0 Å². The molecule has 0 aromatic heterocycles. The van der Waals surface area contributed by atoms with Crippen LogP contribution in [0.3, 0.4) is 0 Å². The Morgan fingerprint density at radius 2 is 2.14 bits per heavy atom. The van der Waals surface area contributed by atoms with Gasteiger partial charge in [-0.1, -0.05) is 42.3 Å². The molecule has 1 aliphatic heterocycles. The number of nitrogens with zero attached hydrogens (tertiary/aromatic N) is 1. The Labute approximate surface area is 131 Å². The molecule has 0 aliphatic carbocycles. The summed E-state index contributed by atoms with van der Waals surface area (Å²) in [7, 11) is 2.03. The molecule has 1 unspecified atom stereocenters. The van der Waals surface area contributed by atoms with Gasteiger partial charge in [0, 0.05) is 18.7 Å². The van der Waals surface area contributed by atoms with Crippen molar-refractivity contribution in [1.82, 2.24) is 4.90 Å². The summed E-state index contributed by atoms with van der Waals surface area (Å²) < 4.78 is 5.32. The molecule has 0 bridgehead atoms. The van der Waals surface area contributed by atoms with Crippen LogP contribution in [-0.2, 0) is 15.1 Å². The van der Waals surface area contributed by atoms with E-state index in [4.69, 9.17) is 4.74 Å². The van der Waals surface area contributed by atoms with Crippen molar-refractivity contribution < 1.29 is 14.6 Å². The van der Waals surface area contributed by atoms with Crippen molar-refractivity contribution in [2.75, 3.05) is 26.7 Å². The molecule has 0 saturated carbocycles. The summed E-state index contributed by atoms with van der Waals surface area (Å²) in [5.41, 5.74) is -0.456. The zero-order chi connectivity index (χ0) is 16.0. The van der Waals surface area contributed by atoms with Crippen LogP contribution < -0.4 is 0 Å². The molecule has 0 saturated heterocycles. The lowest BCUT2D eigenvalue weighted by Crippen LogP contribution is -2.37. The second kappa shape index (κ2) is 7.26. The van der Waals surface area contributed by atoms with Gasteiger partial charge in [0.05, 0.1) is 0 Å². The molecule has 1 aromatic rings. The molecule has 1 heterocycles. The first kappa shape index (κ1) is 16.3. The monoisotopic (exact) mass is 299 g/mol. The van der Waals surface area contributed by atoms with Crippen LogP contribution in [0.25, 0.3) is 0 Å². The molecule has 0 spiro atoms. The van der Waals surface area contributed by atoms with Crippen molar-refractivity contribution in [3.63, 3.8) is 0 Å². The Morgan fingerprint density at radius 3 is 2.77 bits per heavy atom. The van der Waals surface area contributed by atoms with E-state index in [1.54, 1.807) is 31.2 Å². The molecule has 116 valence electrons. The van der Waals surface area contributed by atoms with Crippen LogP contribution in [0.15, 0.2) is 42.0 Å². The van der Waals surface area contributed by atoms with Gasteiger partial charge in [-0.15, -0.1) is 5.92 Å². The van der Waals surface area contributed by atoms with Crippen molar-refractivity contribution in [3.8, 4) is 11.8 Å². The van der Waals surface area contributed by atoms with Crippen molar-refractivity contribution in [1.29, 1.82) is 0 Å². The maximum absolute atomic E-state index is 12.4. The van der Waals surface area contributed by atoms with E-state index in [0.29, 0.717) is 5.56 Å². The minimum absolute atomic E-state index is 0.184. The highest BCUT2D eigenvalue weighted by molar-refractivity contribution is 5.85. The van der Waals surface area contributed by atoms with E-state index < -0.39 is 11.6 Å². The van der Waals surface area contributed by atoms with E-state index >= 15 is 0 Å². The fraction of sp³-hybridized carbons (Fsp3) is 0.389. The third-order valence-corrected chi connectivity index (χ3v) is 3.60. The van der Waals surface area contributed by atoms with Gasteiger partial charge in [0.25, 0.3) is 0 Å². The summed E-state index contributed by atoms with van der Waals surface area (Å²) in [4.78, 5) is 14.5. The molecule has 4 heteroatoms. The van der Waals surface area contributed by atoms with Gasteiger partial charge in [0.2, 0.25) is 5.60 Å². The van der Waals surface area contributed by atoms with Crippen LogP contribution in [0.2, 0.25) is 0 Å². The minimum atomic E-state index is -1.92. The third kappa shape index (κ3) is 3.76. The quantitative estimate of drug-likeness (QED) is 0.522. The van der Waals surface area contributed by atoms with E-state index in [-0.39, 0.29) is 6.61 Å². The smallest absolute Gasteiger partial charge is 0.356 e. The zero-order valence-electron chi connectivity index (χ0n) is 13.0. The maximum atomic E-state index is 12.4. The zero-order valence-corrected chi connectivity index (χ0v) is 13.0. The Bertz CT molecular complexity index is 612. The van der Waals surface area contributed by atoms with Gasteiger partial charge in [0.1, 0.15) is 6.61 Å². The van der Waals surface area contributed by atoms with Crippen LogP contribution in [0.1, 0.15) is 18.9 Å². The standard InChI is InChI=1S/C18H21NO3/c1-3-11-18(21,16-9-5-4-6-10-16)17(20)22-14-15-8-7-12-19(2)13-15/h4-6,8-10,21H,7,12-14H2,1-2H3. The lowest BCUT2D eigenvalue weighted by Gasteiger charge is -2.25. The largest absolute Gasteiger partial charge is 0.458 e. The van der Waals surface area contributed by atoms with Crippen molar-refractivity contribution in [3.05, 3.63) is 47.5 Å². The van der Waals surface area contributed by atoms with Gasteiger partial charge in [-0.3, -0.25) is 0 Å². The highest BCUT2D eigenvalue weighted by Gasteiger charge is 2.38. The first-order chi connectivity index (χ1) is 10.6. The van der Waals surface area contributed by atoms with Gasteiger partial charge < -0.3 is 14.7 Å². The molecule has 2 rings (SSSR count). The van der Waals surface area contributed by atoms with Gasteiger partial charge in [-0.2, -0.15) is 0 Å². The molecule has 0 amide bonds. The van der Waals surface area contributed by atoms with Crippen LogP contribution in [0.4, 0.5) is 0 Å². The Balaban J connectivity index is 2.10. The maximum Gasteiger partial charge on any atom is 0.356 e. The Morgan fingerprint density at radius 1 is 1.41 bits per heavy atom. The lowest BCUT2D eigenvalue weighted by molar-refractivity contribution is -0.159. The number of rotatable bonds is 4. The predicted molar refractivity (Wildman–Crippen MR) is 84.9 cm³/mol. The number of esters is 1. The summed E-state index contributed by atoms with van der Waals surface area (Å²) >= 11 is 0. The molecule has 0 fully saturated rings. The normalized spacial score (nSPS) is 17.7. The van der Waals surface area contributed by atoms with E-state index in [2.05, 4.69) is 22.8 Å². The summed E-state index contributed by atoms with van der Waals surface area (Å²) in [6.45, 7) is 3.55. The molecule has 4 nitrogen and oxygen atoms in total. The highest BCUT2D eigenvalue weighted by Crippen LogP contribution is 2.22. The number of carbonyl (C=O) groups is 1. The summed E-state index contributed by atoms with van der Waals surface area (Å²) in [5, 5.41) is 10.7. The number of hydrogen-bond acceptors (Lipinski definition) is 4. The highest BCUT2D eigenvalue weighted by atomic mass is 16.5. The molecule has 1 atom stereocenters. The minimum Gasteiger partial charge on any atom is -0.458 e. The number of likely N-dealkylation sites (N-methyl/N-ethyl adjacent to an activating group) is 1. The number of hydrogen-bond donors (Lipinski definition) is 1. The van der Waals surface area contributed by atoms with E-state index in [1.807, 2.05) is 13.1 Å². The lowest BCUT2D eigenvalue weighted by atomic mass is 9.94. The molecule has 0 radical (unpaired) electrons. The van der Waals surface area contributed by atoms with Gasteiger partial charge >= 0.3 is 5.97 Å². The van der Waals surface area contributed by atoms with Gasteiger partial charge in [0.15, 0.2) is 0 Å². The average molecular weight is 299 g/mol. The second-order valence-electron chi connectivity index (χ2n) is 5.42. The van der Waals surface area contributed by atoms with Crippen LogP contribution in [0.5, 0.6) is 0 Å². The first-order valence-corrected chi connectivity index (χ1v) is 7.31. The summed E-state index contributed by atoms with van der Waals surface area (Å²) in [6.07, 6.45) is 3.03. The predicted octanol–water partition coefficient (Wildman–Crippen LogP) is 1.70. The van der Waals surface area contributed by atoms with Gasteiger partial charge in [-0.05, 0) is 26.0 Å². The molecule has 1 aromatic carbocycles. The van der Waals surface area contributed by atoms with Crippen LogP contribution in [-0.4, -0.2) is 42.7 Å². The van der Waals surface area contributed by atoms with Crippen LogP contribution in [0, 0.1) is 11.8 Å². The van der Waals surface area contributed by atoms with E-state index in [1.165, 1.54) is 0 Å².